The standard InChI is InChI=1S/C15H31NO2/c1-4-13(2)16(11-12-18-3)14-9-7-5-6-8-10-15(14)17/h13-15,17H,4-12H2,1-3H3. The van der Waals surface area contributed by atoms with E-state index in [9.17, 15) is 5.11 Å². The van der Waals surface area contributed by atoms with Gasteiger partial charge in [-0.05, 0) is 26.2 Å². The Bertz CT molecular complexity index is 209. The molecule has 0 aromatic carbocycles. The number of hydrogen-bond acceptors (Lipinski definition) is 3. The molecule has 3 nitrogen and oxygen atoms in total. The zero-order valence-corrected chi connectivity index (χ0v) is 12.4. The lowest BCUT2D eigenvalue weighted by atomic mass is 9.92. The van der Waals surface area contributed by atoms with Gasteiger partial charge in [-0.1, -0.05) is 32.6 Å². The number of nitrogens with zero attached hydrogens (tertiary/aromatic N) is 1. The maximum atomic E-state index is 10.4. The van der Waals surface area contributed by atoms with Crippen LogP contribution >= 0.6 is 0 Å². The van der Waals surface area contributed by atoms with Crippen molar-refractivity contribution in [1.82, 2.24) is 4.90 Å². The van der Waals surface area contributed by atoms with E-state index in [0.717, 1.165) is 32.4 Å². The highest BCUT2D eigenvalue weighted by atomic mass is 16.5. The van der Waals surface area contributed by atoms with Gasteiger partial charge in [0.15, 0.2) is 0 Å². The third-order valence-electron chi connectivity index (χ3n) is 4.33. The quantitative estimate of drug-likeness (QED) is 0.794. The van der Waals surface area contributed by atoms with Crippen molar-refractivity contribution in [3.63, 3.8) is 0 Å². The fourth-order valence-electron chi connectivity index (χ4n) is 2.98. The lowest BCUT2D eigenvalue weighted by molar-refractivity contribution is -0.000811. The first-order valence-electron chi connectivity index (χ1n) is 7.63. The van der Waals surface area contributed by atoms with Gasteiger partial charge in [-0.2, -0.15) is 0 Å². The molecule has 1 fully saturated rings. The van der Waals surface area contributed by atoms with Crippen LogP contribution in [0.1, 0.15) is 58.8 Å². The molecule has 1 aliphatic carbocycles. The largest absolute Gasteiger partial charge is 0.391 e. The van der Waals surface area contributed by atoms with Crippen molar-refractivity contribution in [1.29, 1.82) is 0 Å². The van der Waals surface area contributed by atoms with Gasteiger partial charge in [0, 0.05) is 25.7 Å². The summed E-state index contributed by atoms with van der Waals surface area (Å²) in [7, 11) is 1.75. The van der Waals surface area contributed by atoms with E-state index in [1.807, 2.05) is 0 Å². The van der Waals surface area contributed by atoms with Crippen LogP contribution in [-0.2, 0) is 4.74 Å². The van der Waals surface area contributed by atoms with Crippen molar-refractivity contribution in [2.24, 2.45) is 0 Å². The van der Waals surface area contributed by atoms with Gasteiger partial charge in [-0.25, -0.2) is 0 Å². The Morgan fingerprint density at radius 3 is 2.50 bits per heavy atom. The van der Waals surface area contributed by atoms with Crippen molar-refractivity contribution in [3.8, 4) is 0 Å². The average molecular weight is 257 g/mol. The molecular formula is C15H31NO2. The molecule has 0 spiro atoms. The van der Waals surface area contributed by atoms with E-state index in [1.54, 1.807) is 7.11 Å². The molecule has 0 saturated heterocycles. The monoisotopic (exact) mass is 257 g/mol. The minimum Gasteiger partial charge on any atom is -0.391 e. The topological polar surface area (TPSA) is 32.7 Å². The molecule has 3 heteroatoms. The van der Waals surface area contributed by atoms with Crippen molar-refractivity contribution in [3.05, 3.63) is 0 Å². The molecule has 1 rings (SSSR count). The second-order valence-electron chi connectivity index (χ2n) is 5.61. The highest BCUT2D eigenvalue weighted by Gasteiger charge is 2.28. The minimum absolute atomic E-state index is 0.156. The number of ether oxygens (including phenoxy) is 1. The van der Waals surface area contributed by atoms with E-state index in [1.165, 1.54) is 25.7 Å². The lowest BCUT2D eigenvalue weighted by Gasteiger charge is -2.39. The van der Waals surface area contributed by atoms with Crippen LogP contribution in [0, 0.1) is 0 Å². The van der Waals surface area contributed by atoms with E-state index in [4.69, 9.17) is 4.74 Å². The Balaban J connectivity index is 2.65. The van der Waals surface area contributed by atoms with Crippen LogP contribution in [0.5, 0.6) is 0 Å². The molecule has 0 bridgehead atoms. The molecule has 1 N–H and O–H groups in total. The Morgan fingerprint density at radius 1 is 1.22 bits per heavy atom. The van der Waals surface area contributed by atoms with Gasteiger partial charge in [-0.15, -0.1) is 0 Å². The summed E-state index contributed by atoms with van der Waals surface area (Å²) < 4.78 is 5.23. The van der Waals surface area contributed by atoms with Crippen LogP contribution in [-0.4, -0.2) is 48.5 Å². The number of rotatable bonds is 6. The van der Waals surface area contributed by atoms with Crippen LogP contribution in [0.4, 0.5) is 0 Å². The smallest absolute Gasteiger partial charge is 0.0695 e. The van der Waals surface area contributed by atoms with E-state index >= 15 is 0 Å². The van der Waals surface area contributed by atoms with Gasteiger partial charge in [0.25, 0.3) is 0 Å². The van der Waals surface area contributed by atoms with Gasteiger partial charge in [0.05, 0.1) is 12.7 Å². The zero-order chi connectivity index (χ0) is 13.4. The van der Waals surface area contributed by atoms with Gasteiger partial charge in [-0.3, -0.25) is 4.90 Å². The highest BCUT2D eigenvalue weighted by Crippen LogP contribution is 2.24. The molecule has 0 amide bonds. The Morgan fingerprint density at radius 2 is 1.89 bits per heavy atom. The predicted molar refractivity (Wildman–Crippen MR) is 75.8 cm³/mol. The van der Waals surface area contributed by atoms with E-state index in [0.29, 0.717) is 12.1 Å². The Hall–Kier alpha value is -0.120. The van der Waals surface area contributed by atoms with Gasteiger partial charge >= 0.3 is 0 Å². The van der Waals surface area contributed by atoms with Gasteiger partial charge in [0.2, 0.25) is 0 Å². The lowest BCUT2D eigenvalue weighted by Crippen LogP contribution is -2.49. The first-order chi connectivity index (χ1) is 8.70. The molecule has 1 aliphatic rings. The molecule has 0 aromatic rings. The Kier molecular flexibility index (Phi) is 7.87. The van der Waals surface area contributed by atoms with Gasteiger partial charge in [0.1, 0.15) is 0 Å². The summed E-state index contributed by atoms with van der Waals surface area (Å²) >= 11 is 0. The van der Waals surface area contributed by atoms with Crippen LogP contribution in [0.2, 0.25) is 0 Å². The average Bonchev–Trinajstić information content (AvgIpc) is 2.36. The third-order valence-corrected chi connectivity index (χ3v) is 4.33. The second kappa shape index (κ2) is 8.89. The summed E-state index contributed by atoms with van der Waals surface area (Å²) in [5.41, 5.74) is 0. The van der Waals surface area contributed by atoms with Gasteiger partial charge < -0.3 is 9.84 Å². The highest BCUT2D eigenvalue weighted by molar-refractivity contribution is 4.83. The molecule has 0 radical (unpaired) electrons. The van der Waals surface area contributed by atoms with Crippen LogP contribution in [0.3, 0.4) is 0 Å². The predicted octanol–water partition coefficient (Wildman–Crippen LogP) is 2.82. The molecule has 0 heterocycles. The summed E-state index contributed by atoms with van der Waals surface area (Å²) in [5, 5.41) is 10.4. The summed E-state index contributed by atoms with van der Waals surface area (Å²) in [6.45, 7) is 6.18. The maximum absolute atomic E-state index is 10.4. The summed E-state index contributed by atoms with van der Waals surface area (Å²) in [6.07, 6.45) is 8.11. The molecule has 18 heavy (non-hydrogen) atoms. The summed E-state index contributed by atoms with van der Waals surface area (Å²) in [6, 6.07) is 0.856. The summed E-state index contributed by atoms with van der Waals surface area (Å²) in [5.74, 6) is 0. The second-order valence-corrected chi connectivity index (χ2v) is 5.61. The minimum atomic E-state index is -0.156. The normalized spacial score (nSPS) is 27.8. The van der Waals surface area contributed by atoms with E-state index in [2.05, 4.69) is 18.7 Å². The molecule has 0 aromatic heterocycles. The van der Waals surface area contributed by atoms with E-state index < -0.39 is 0 Å². The summed E-state index contributed by atoms with van der Waals surface area (Å²) in [4.78, 5) is 2.47. The van der Waals surface area contributed by atoms with Crippen LogP contribution in [0.15, 0.2) is 0 Å². The van der Waals surface area contributed by atoms with Crippen LogP contribution < -0.4 is 0 Å². The van der Waals surface area contributed by atoms with E-state index in [-0.39, 0.29) is 6.10 Å². The van der Waals surface area contributed by atoms with Crippen molar-refractivity contribution >= 4 is 0 Å². The molecule has 108 valence electrons. The molecule has 1 saturated carbocycles. The molecule has 0 aliphatic heterocycles. The maximum Gasteiger partial charge on any atom is 0.0695 e. The SMILES string of the molecule is CCC(C)N(CCOC)C1CCCCCCC1O. The first kappa shape index (κ1) is 15.9. The van der Waals surface area contributed by atoms with Crippen LogP contribution in [0.25, 0.3) is 0 Å². The number of hydrogen-bond donors (Lipinski definition) is 1. The Labute approximate surface area is 113 Å². The number of methoxy groups -OCH3 is 1. The molecule has 3 atom stereocenters. The number of aliphatic hydroxyl groups is 1. The molecule has 3 unspecified atom stereocenters. The first-order valence-corrected chi connectivity index (χ1v) is 7.63. The van der Waals surface area contributed by atoms with Crippen molar-refractivity contribution in [2.75, 3.05) is 20.3 Å². The number of aliphatic hydroxyl groups excluding tert-OH is 1. The zero-order valence-electron chi connectivity index (χ0n) is 12.4. The fourth-order valence-corrected chi connectivity index (χ4v) is 2.98. The van der Waals surface area contributed by atoms with Crippen molar-refractivity contribution in [2.45, 2.75) is 77.0 Å². The fraction of sp³-hybridized carbons (Fsp3) is 1.00. The molecular weight excluding hydrogens is 226 g/mol. The third kappa shape index (κ3) is 4.87. The van der Waals surface area contributed by atoms with Crippen molar-refractivity contribution < 1.29 is 9.84 Å².